The van der Waals surface area contributed by atoms with Gasteiger partial charge in [0.25, 0.3) is 0 Å². The molecule has 1 aliphatic carbocycles. The molecule has 0 aromatic carbocycles. The van der Waals surface area contributed by atoms with E-state index < -0.39 is 0 Å². The van der Waals surface area contributed by atoms with Crippen molar-refractivity contribution < 1.29 is 4.79 Å². The quantitative estimate of drug-likeness (QED) is 0.496. The molecule has 1 rings (SSSR count). The molecule has 0 N–H and O–H groups in total. The Bertz CT molecular complexity index is 176. The second kappa shape index (κ2) is 3.85. The molecule has 1 unspecified atom stereocenters. The van der Waals surface area contributed by atoms with E-state index in [1.54, 1.807) is 0 Å². The zero-order chi connectivity index (χ0) is 7.56. The number of halogens is 2. The fraction of sp³-hybridized carbons (Fsp3) is 0.571. The lowest BCUT2D eigenvalue weighted by molar-refractivity contribution is -0.118. The zero-order valence-corrected chi connectivity index (χ0v) is 9.18. The molecule has 0 bridgehead atoms. The first-order valence-corrected chi connectivity index (χ1v) is 5.37. The number of Topliss-reactive ketones (excluding diaryl/α,β-unsaturated/α-hetero) is 1. The van der Waals surface area contributed by atoms with Crippen molar-refractivity contribution in [2.75, 3.05) is 0 Å². The first-order chi connectivity index (χ1) is 4.75. The summed E-state index contributed by atoms with van der Waals surface area (Å²) < 4.78 is 2.01. The standard InChI is InChI=1S/C7H8BrIO/c8-7-5(4-9)2-1-3-6(7)10/h4,7H,1-3H2. The van der Waals surface area contributed by atoms with Crippen molar-refractivity contribution in [2.24, 2.45) is 0 Å². The van der Waals surface area contributed by atoms with Gasteiger partial charge in [0.05, 0.1) is 4.83 Å². The summed E-state index contributed by atoms with van der Waals surface area (Å²) in [5, 5.41) is 0. The van der Waals surface area contributed by atoms with E-state index in [9.17, 15) is 4.79 Å². The molecule has 1 aliphatic rings. The lowest BCUT2D eigenvalue weighted by atomic mass is 9.95. The first kappa shape index (κ1) is 8.71. The van der Waals surface area contributed by atoms with Crippen LogP contribution in [0.4, 0.5) is 0 Å². The second-order valence-electron chi connectivity index (χ2n) is 2.37. The van der Waals surface area contributed by atoms with Gasteiger partial charge in [0.2, 0.25) is 0 Å². The summed E-state index contributed by atoms with van der Waals surface area (Å²) in [5.41, 5.74) is 1.23. The Morgan fingerprint density at radius 3 is 2.80 bits per heavy atom. The van der Waals surface area contributed by atoms with Crippen molar-refractivity contribution in [1.82, 2.24) is 0 Å². The third-order valence-electron chi connectivity index (χ3n) is 1.64. The van der Waals surface area contributed by atoms with E-state index in [1.165, 1.54) is 5.57 Å². The molecule has 0 radical (unpaired) electrons. The van der Waals surface area contributed by atoms with Crippen LogP contribution in [0, 0.1) is 0 Å². The molecule has 0 spiro atoms. The summed E-state index contributed by atoms with van der Waals surface area (Å²) in [5.74, 6) is 0.328. The highest BCUT2D eigenvalue weighted by atomic mass is 127. The van der Waals surface area contributed by atoms with Crippen LogP contribution in [-0.2, 0) is 4.79 Å². The van der Waals surface area contributed by atoms with Gasteiger partial charge in [-0.05, 0) is 22.5 Å². The fourth-order valence-corrected chi connectivity index (χ4v) is 2.79. The Morgan fingerprint density at radius 2 is 2.30 bits per heavy atom. The van der Waals surface area contributed by atoms with Crippen LogP contribution < -0.4 is 0 Å². The normalized spacial score (nSPS) is 31.2. The number of hydrogen-bond donors (Lipinski definition) is 0. The smallest absolute Gasteiger partial charge is 0.150 e. The lowest BCUT2D eigenvalue weighted by Crippen LogP contribution is -2.20. The third-order valence-corrected chi connectivity index (χ3v) is 3.54. The number of hydrogen-bond acceptors (Lipinski definition) is 1. The number of allylic oxidation sites excluding steroid dienone is 1. The average molecular weight is 315 g/mol. The highest BCUT2D eigenvalue weighted by molar-refractivity contribution is 14.1. The van der Waals surface area contributed by atoms with Gasteiger partial charge in [-0.15, -0.1) is 0 Å². The van der Waals surface area contributed by atoms with Crippen molar-refractivity contribution in [3.8, 4) is 0 Å². The van der Waals surface area contributed by atoms with E-state index >= 15 is 0 Å². The monoisotopic (exact) mass is 314 g/mol. The molecule has 0 amide bonds. The van der Waals surface area contributed by atoms with Crippen LogP contribution in [0.1, 0.15) is 19.3 Å². The first-order valence-electron chi connectivity index (χ1n) is 3.21. The minimum Gasteiger partial charge on any atom is -0.298 e. The Labute approximate surface area is 82.5 Å². The van der Waals surface area contributed by atoms with Crippen molar-refractivity contribution in [1.29, 1.82) is 0 Å². The van der Waals surface area contributed by atoms with Crippen LogP contribution >= 0.6 is 38.5 Å². The molecule has 56 valence electrons. The summed E-state index contributed by atoms with van der Waals surface area (Å²) in [4.78, 5) is 11.1. The van der Waals surface area contributed by atoms with Gasteiger partial charge in [0, 0.05) is 6.42 Å². The van der Waals surface area contributed by atoms with E-state index in [0.29, 0.717) is 5.78 Å². The molecule has 0 aromatic rings. The summed E-state index contributed by atoms with van der Waals surface area (Å²) in [6.45, 7) is 0. The van der Waals surface area contributed by atoms with Gasteiger partial charge < -0.3 is 0 Å². The van der Waals surface area contributed by atoms with Gasteiger partial charge in [0.1, 0.15) is 0 Å². The fourth-order valence-electron chi connectivity index (χ4n) is 1.04. The topological polar surface area (TPSA) is 17.1 Å². The maximum Gasteiger partial charge on any atom is 0.150 e. The highest BCUT2D eigenvalue weighted by Crippen LogP contribution is 2.27. The Morgan fingerprint density at radius 1 is 1.60 bits per heavy atom. The maximum atomic E-state index is 11.1. The molecular weight excluding hydrogens is 307 g/mol. The molecule has 0 saturated heterocycles. The molecule has 1 nitrogen and oxygen atoms in total. The Kier molecular flexibility index (Phi) is 3.36. The van der Waals surface area contributed by atoms with Gasteiger partial charge in [-0.25, -0.2) is 0 Å². The summed E-state index contributed by atoms with van der Waals surface area (Å²) in [6.07, 6.45) is 2.84. The van der Waals surface area contributed by atoms with Crippen LogP contribution in [-0.4, -0.2) is 10.6 Å². The zero-order valence-electron chi connectivity index (χ0n) is 5.44. The highest BCUT2D eigenvalue weighted by Gasteiger charge is 2.23. The van der Waals surface area contributed by atoms with Gasteiger partial charge >= 0.3 is 0 Å². The molecule has 1 saturated carbocycles. The third kappa shape index (κ3) is 1.81. The lowest BCUT2D eigenvalue weighted by Gasteiger charge is -2.17. The number of carbonyl (C=O) groups excluding carboxylic acids is 1. The van der Waals surface area contributed by atoms with E-state index in [2.05, 4.69) is 38.5 Å². The van der Waals surface area contributed by atoms with Crippen LogP contribution in [0.3, 0.4) is 0 Å². The van der Waals surface area contributed by atoms with Gasteiger partial charge in [0.15, 0.2) is 5.78 Å². The molecule has 1 fully saturated rings. The van der Waals surface area contributed by atoms with Gasteiger partial charge in [-0.3, -0.25) is 4.79 Å². The van der Waals surface area contributed by atoms with Crippen LogP contribution in [0.2, 0.25) is 0 Å². The Balaban J connectivity index is 2.69. The molecular formula is C7H8BrIO. The summed E-state index contributed by atoms with van der Waals surface area (Å²) >= 11 is 5.55. The van der Waals surface area contributed by atoms with E-state index in [-0.39, 0.29) is 4.83 Å². The molecule has 10 heavy (non-hydrogen) atoms. The van der Waals surface area contributed by atoms with Crippen molar-refractivity contribution in [3.05, 3.63) is 9.66 Å². The second-order valence-corrected chi connectivity index (χ2v) is 3.90. The van der Waals surface area contributed by atoms with E-state index in [4.69, 9.17) is 0 Å². The van der Waals surface area contributed by atoms with E-state index in [1.807, 2.05) is 4.08 Å². The SMILES string of the molecule is O=C1CCCC(=CI)C1Br. The predicted octanol–water partition coefficient (Wildman–Crippen LogP) is 2.82. The van der Waals surface area contributed by atoms with E-state index in [0.717, 1.165) is 19.3 Å². The maximum absolute atomic E-state index is 11.1. The van der Waals surface area contributed by atoms with Crippen molar-refractivity contribution in [3.63, 3.8) is 0 Å². The summed E-state index contributed by atoms with van der Waals surface area (Å²) in [6, 6.07) is 0. The van der Waals surface area contributed by atoms with Crippen LogP contribution in [0.5, 0.6) is 0 Å². The average Bonchev–Trinajstić information content (AvgIpc) is 1.95. The largest absolute Gasteiger partial charge is 0.298 e. The minimum absolute atomic E-state index is 0.0122. The van der Waals surface area contributed by atoms with Gasteiger partial charge in [-0.1, -0.05) is 38.5 Å². The number of carbonyl (C=O) groups is 1. The van der Waals surface area contributed by atoms with Gasteiger partial charge in [-0.2, -0.15) is 0 Å². The molecule has 0 heterocycles. The molecule has 0 aromatic heterocycles. The predicted molar refractivity (Wildman–Crippen MR) is 53.7 cm³/mol. The van der Waals surface area contributed by atoms with Crippen LogP contribution in [0.25, 0.3) is 0 Å². The molecule has 3 heteroatoms. The number of ketones is 1. The number of alkyl halides is 1. The Hall–Kier alpha value is 0.620. The molecule has 1 atom stereocenters. The number of rotatable bonds is 0. The van der Waals surface area contributed by atoms with Crippen molar-refractivity contribution in [2.45, 2.75) is 24.1 Å². The molecule has 0 aliphatic heterocycles. The minimum atomic E-state index is 0.0122. The van der Waals surface area contributed by atoms with Crippen molar-refractivity contribution >= 4 is 44.3 Å². The van der Waals surface area contributed by atoms with Crippen LogP contribution in [0.15, 0.2) is 9.66 Å². The summed E-state index contributed by atoms with van der Waals surface area (Å²) in [7, 11) is 0.